The number of hydrogen-bond donors (Lipinski definition) is 1. The zero-order chi connectivity index (χ0) is 15.4. The van der Waals surface area contributed by atoms with Gasteiger partial charge < -0.3 is 10.1 Å². The maximum absolute atomic E-state index is 13.8. The Labute approximate surface area is 121 Å². The van der Waals surface area contributed by atoms with E-state index in [2.05, 4.69) is 5.32 Å². The Hall–Kier alpha value is -2.61. The lowest BCUT2D eigenvalue weighted by molar-refractivity contribution is 0.414. The van der Waals surface area contributed by atoms with Gasteiger partial charge in [0.15, 0.2) is 0 Å². The molecule has 0 fully saturated rings. The average molecular weight is 288 g/mol. The second kappa shape index (κ2) is 6.23. The zero-order valence-electron chi connectivity index (χ0n) is 11.7. The number of methoxy groups -OCH3 is 1. The molecule has 2 rings (SSSR count). The first-order valence-electron chi connectivity index (χ1n) is 6.31. The van der Waals surface area contributed by atoms with Crippen LogP contribution in [-0.4, -0.2) is 7.11 Å². The number of aryl methyl sites for hydroxylation is 1. The van der Waals surface area contributed by atoms with Crippen molar-refractivity contribution in [2.24, 2.45) is 0 Å². The largest absolute Gasteiger partial charge is 0.497 e. The molecule has 0 unspecified atom stereocenters. The lowest BCUT2D eigenvalue weighted by Gasteiger charge is -2.12. The first-order chi connectivity index (χ1) is 10.0. The van der Waals surface area contributed by atoms with E-state index in [0.717, 1.165) is 23.4 Å². The lowest BCUT2D eigenvalue weighted by Crippen LogP contribution is -2.06. The van der Waals surface area contributed by atoms with Crippen LogP contribution in [0, 0.1) is 29.9 Å². The molecule has 2 aromatic carbocycles. The number of anilines is 1. The van der Waals surface area contributed by atoms with Crippen molar-refractivity contribution in [1.82, 2.24) is 0 Å². The molecule has 108 valence electrons. The molecule has 21 heavy (non-hydrogen) atoms. The summed E-state index contributed by atoms with van der Waals surface area (Å²) in [6.07, 6.45) is 0. The highest BCUT2D eigenvalue weighted by Gasteiger charge is 2.11. The number of benzene rings is 2. The normalized spacial score (nSPS) is 10.0. The summed E-state index contributed by atoms with van der Waals surface area (Å²) in [6, 6.07) is 9.15. The summed E-state index contributed by atoms with van der Waals surface area (Å²) in [5, 5.41) is 11.6. The molecule has 0 heterocycles. The second-order valence-corrected chi connectivity index (χ2v) is 4.56. The molecule has 3 nitrogen and oxygen atoms in total. The van der Waals surface area contributed by atoms with Crippen LogP contribution in [0.4, 0.5) is 14.5 Å². The fourth-order valence-corrected chi connectivity index (χ4v) is 1.98. The zero-order valence-corrected chi connectivity index (χ0v) is 11.7. The molecule has 0 aliphatic carbocycles. The van der Waals surface area contributed by atoms with Gasteiger partial charge in [0.05, 0.1) is 18.7 Å². The minimum atomic E-state index is -0.731. The van der Waals surface area contributed by atoms with Crippen molar-refractivity contribution in [2.75, 3.05) is 12.4 Å². The van der Waals surface area contributed by atoms with Crippen LogP contribution in [-0.2, 0) is 6.54 Å². The molecule has 0 spiro atoms. The molecule has 5 heteroatoms. The number of ether oxygens (including phenoxy) is 1. The van der Waals surface area contributed by atoms with Crippen molar-refractivity contribution >= 4 is 5.69 Å². The summed E-state index contributed by atoms with van der Waals surface area (Å²) in [4.78, 5) is 0. The van der Waals surface area contributed by atoms with E-state index in [1.165, 1.54) is 0 Å². The molecule has 2 aromatic rings. The Morgan fingerprint density at radius 1 is 1.19 bits per heavy atom. The molecule has 0 amide bonds. The van der Waals surface area contributed by atoms with Crippen LogP contribution in [0.1, 0.15) is 16.7 Å². The fraction of sp³-hybridized carbons (Fsp3) is 0.188. The van der Waals surface area contributed by atoms with Gasteiger partial charge in [-0.15, -0.1) is 0 Å². The maximum atomic E-state index is 13.8. The summed E-state index contributed by atoms with van der Waals surface area (Å²) in [6.45, 7) is 1.87. The summed E-state index contributed by atoms with van der Waals surface area (Å²) in [5.41, 5.74) is 1.54. The van der Waals surface area contributed by atoms with Crippen LogP contribution in [0.5, 0.6) is 5.75 Å². The summed E-state index contributed by atoms with van der Waals surface area (Å²) in [5.74, 6) is -0.746. The number of nitriles is 1. The van der Waals surface area contributed by atoms with Gasteiger partial charge in [-0.1, -0.05) is 0 Å². The molecule has 1 N–H and O–H groups in total. The predicted octanol–water partition coefficient (Wildman–Crippen LogP) is 3.77. The molecular weight excluding hydrogens is 274 g/mol. The topological polar surface area (TPSA) is 45.0 Å². The third-order valence-corrected chi connectivity index (χ3v) is 3.16. The van der Waals surface area contributed by atoms with Crippen LogP contribution >= 0.6 is 0 Å². The van der Waals surface area contributed by atoms with Crippen molar-refractivity contribution in [3.8, 4) is 11.8 Å². The quantitative estimate of drug-likeness (QED) is 0.931. The van der Waals surface area contributed by atoms with E-state index >= 15 is 0 Å². The molecule has 0 bridgehead atoms. The van der Waals surface area contributed by atoms with Gasteiger partial charge >= 0.3 is 0 Å². The Morgan fingerprint density at radius 3 is 2.38 bits per heavy atom. The van der Waals surface area contributed by atoms with Crippen LogP contribution < -0.4 is 10.1 Å². The van der Waals surface area contributed by atoms with E-state index in [0.29, 0.717) is 5.75 Å². The summed E-state index contributed by atoms with van der Waals surface area (Å²) < 4.78 is 32.6. The van der Waals surface area contributed by atoms with Crippen LogP contribution in [0.25, 0.3) is 0 Å². The monoisotopic (exact) mass is 288 g/mol. The third-order valence-electron chi connectivity index (χ3n) is 3.16. The number of hydrogen-bond acceptors (Lipinski definition) is 3. The van der Waals surface area contributed by atoms with Gasteiger partial charge in [-0.2, -0.15) is 5.26 Å². The molecule has 0 saturated carbocycles. The standard InChI is InChI=1S/C16H14F2N2O/c1-10-5-12(21-2)3-4-16(10)20-9-13-14(17)6-11(8-19)7-15(13)18/h3-7,20H,9H2,1-2H3. The number of nitrogens with zero attached hydrogens (tertiary/aromatic N) is 1. The lowest BCUT2D eigenvalue weighted by atomic mass is 10.1. The first-order valence-corrected chi connectivity index (χ1v) is 6.31. The van der Waals surface area contributed by atoms with Crippen molar-refractivity contribution < 1.29 is 13.5 Å². The van der Waals surface area contributed by atoms with Crippen molar-refractivity contribution in [3.05, 3.63) is 58.7 Å². The third kappa shape index (κ3) is 3.29. The van der Waals surface area contributed by atoms with E-state index in [1.807, 2.05) is 13.0 Å². The highest BCUT2D eigenvalue weighted by atomic mass is 19.1. The second-order valence-electron chi connectivity index (χ2n) is 4.56. The van der Waals surface area contributed by atoms with Crippen molar-refractivity contribution in [3.63, 3.8) is 0 Å². The molecule has 0 atom stereocenters. The van der Waals surface area contributed by atoms with Gasteiger partial charge in [0.1, 0.15) is 17.4 Å². The van der Waals surface area contributed by atoms with Gasteiger partial charge in [0, 0.05) is 17.8 Å². The number of rotatable bonds is 4. The predicted molar refractivity (Wildman–Crippen MR) is 76.1 cm³/mol. The van der Waals surface area contributed by atoms with Crippen LogP contribution in [0.3, 0.4) is 0 Å². The average Bonchev–Trinajstić information content (AvgIpc) is 2.47. The van der Waals surface area contributed by atoms with Crippen molar-refractivity contribution in [1.29, 1.82) is 5.26 Å². The van der Waals surface area contributed by atoms with Gasteiger partial charge in [-0.25, -0.2) is 8.78 Å². The van der Waals surface area contributed by atoms with Crippen LogP contribution in [0.15, 0.2) is 30.3 Å². The van der Waals surface area contributed by atoms with Crippen LogP contribution in [0.2, 0.25) is 0 Å². The van der Waals surface area contributed by atoms with Gasteiger partial charge in [-0.3, -0.25) is 0 Å². The van der Waals surface area contributed by atoms with E-state index in [1.54, 1.807) is 25.3 Å². The maximum Gasteiger partial charge on any atom is 0.132 e. The number of nitrogens with one attached hydrogen (secondary N) is 1. The fourth-order valence-electron chi connectivity index (χ4n) is 1.98. The highest BCUT2D eigenvalue weighted by Crippen LogP contribution is 2.23. The Kier molecular flexibility index (Phi) is 4.39. The van der Waals surface area contributed by atoms with Gasteiger partial charge in [0.2, 0.25) is 0 Å². The smallest absolute Gasteiger partial charge is 0.132 e. The highest BCUT2D eigenvalue weighted by molar-refractivity contribution is 5.54. The molecule has 0 aromatic heterocycles. The molecular formula is C16H14F2N2O. The minimum Gasteiger partial charge on any atom is -0.497 e. The van der Waals surface area contributed by atoms with Gasteiger partial charge in [0.25, 0.3) is 0 Å². The Balaban J connectivity index is 2.19. The Morgan fingerprint density at radius 2 is 1.86 bits per heavy atom. The summed E-state index contributed by atoms with van der Waals surface area (Å²) in [7, 11) is 1.57. The van der Waals surface area contributed by atoms with Gasteiger partial charge in [-0.05, 0) is 42.8 Å². The Bertz CT molecular complexity index is 685. The first kappa shape index (κ1) is 14.8. The summed E-state index contributed by atoms with van der Waals surface area (Å²) >= 11 is 0. The van der Waals surface area contributed by atoms with E-state index in [-0.39, 0.29) is 17.7 Å². The molecule has 0 aliphatic heterocycles. The van der Waals surface area contributed by atoms with E-state index in [4.69, 9.17) is 10.00 Å². The minimum absolute atomic E-state index is 0.00343. The van der Waals surface area contributed by atoms with E-state index in [9.17, 15) is 8.78 Å². The number of halogens is 2. The SMILES string of the molecule is COc1ccc(NCc2c(F)cc(C#N)cc2F)c(C)c1. The molecule has 0 saturated heterocycles. The van der Waals surface area contributed by atoms with Crippen molar-refractivity contribution in [2.45, 2.75) is 13.5 Å². The molecule has 0 radical (unpaired) electrons. The molecule has 0 aliphatic rings. The van der Waals surface area contributed by atoms with E-state index < -0.39 is 11.6 Å².